The third-order valence-electron chi connectivity index (χ3n) is 3.47. The number of aromatic nitrogens is 3. The quantitative estimate of drug-likeness (QED) is 0.779. The lowest BCUT2D eigenvalue weighted by molar-refractivity contribution is 0.355. The number of alkyl halides is 1. The second kappa shape index (κ2) is 5.41. The molecule has 1 heterocycles. The van der Waals surface area contributed by atoms with E-state index < -0.39 is 0 Å². The van der Waals surface area contributed by atoms with Gasteiger partial charge in [-0.05, 0) is 19.1 Å². The maximum atomic E-state index is 5.85. The van der Waals surface area contributed by atoms with Crippen LogP contribution in [0.2, 0.25) is 0 Å². The molecular weight excluding hydrogens is 242 g/mol. The minimum Gasteiger partial charge on any atom is -0.315 e. The van der Waals surface area contributed by atoms with Crippen LogP contribution in [0.1, 0.15) is 37.9 Å². The Morgan fingerprint density at radius 3 is 2.81 bits per heavy atom. The smallest absolute Gasteiger partial charge is 0.147 e. The van der Waals surface area contributed by atoms with Crippen LogP contribution in [0, 0.1) is 0 Å². The first-order valence-corrected chi connectivity index (χ1v) is 7.53. The summed E-state index contributed by atoms with van der Waals surface area (Å²) < 4.78 is 2.50. The van der Waals surface area contributed by atoms with Gasteiger partial charge in [0.15, 0.2) is 0 Å². The van der Waals surface area contributed by atoms with Gasteiger partial charge in [-0.25, -0.2) is 0 Å². The van der Waals surface area contributed by atoms with Gasteiger partial charge in [0.25, 0.3) is 0 Å². The van der Waals surface area contributed by atoms with E-state index in [0.29, 0.717) is 10.6 Å². The Balaban J connectivity index is 2.11. The van der Waals surface area contributed by atoms with Crippen molar-refractivity contribution in [3.8, 4) is 0 Å². The van der Waals surface area contributed by atoms with E-state index in [1.54, 1.807) is 0 Å². The number of hydrogen-bond acceptors (Lipinski definition) is 3. The van der Waals surface area contributed by atoms with Crippen molar-refractivity contribution < 1.29 is 0 Å². The molecule has 0 saturated heterocycles. The van der Waals surface area contributed by atoms with Crippen LogP contribution in [0.4, 0.5) is 0 Å². The molecule has 1 fully saturated rings. The van der Waals surface area contributed by atoms with Crippen molar-refractivity contribution in [2.45, 2.75) is 49.3 Å². The van der Waals surface area contributed by atoms with E-state index in [2.05, 4.69) is 21.0 Å². The molecule has 16 heavy (non-hydrogen) atoms. The largest absolute Gasteiger partial charge is 0.315 e. The SMILES string of the molecule is CSC1(Cn2cnnc2CCl)CCCCC1. The minimum atomic E-state index is 0.376. The lowest BCUT2D eigenvalue weighted by atomic mass is 9.88. The first-order chi connectivity index (χ1) is 7.79. The fourth-order valence-corrected chi connectivity index (χ4v) is 3.62. The Labute approximate surface area is 106 Å². The molecule has 2 rings (SSSR count). The van der Waals surface area contributed by atoms with Crippen LogP contribution < -0.4 is 0 Å². The number of rotatable bonds is 4. The maximum Gasteiger partial charge on any atom is 0.147 e. The highest BCUT2D eigenvalue weighted by molar-refractivity contribution is 8.00. The molecule has 0 spiro atoms. The monoisotopic (exact) mass is 259 g/mol. The second-order valence-corrected chi connectivity index (χ2v) is 6.00. The topological polar surface area (TPSA) is 30.7 Å². The Morgan fingerprint density at radius 2 is 2.19 bits per heavy atom. The first-order valence-electron chi connectivity index (χ1n) is 5.77. The molecule has 1 aromatic rings. The van der Waals surface area contributed by atoms with Gasteiger partial charge in [0, 0.05) is 11.3 Å². The number of thioether (sulfide) groups is 1. The summed E-state index contributed by atoms with van der Waals surface area (Å²) in [6, 6.07) is 0. The van der Waals surface area contributed by atoms with Gasteiger partial charge < -0.3 is 4.57 Å². The van der Waals surface area contributed by atoms with E-state index in [9.17, 15) is 0 Å². The summed E-state index contributed by atoms with van der Waals surface area (Å²) in [6.45, 7) is 1.00. The molecule has 90 valence electrons. The summed E-state index contributed by atoms with van der Waals surface area (Å²) in [5.74, 6) is 1.34. The fourth-order valence-electron chi connectivity index (χ4n) is 2.45. The zero-order chi connectivity index (χ0) is 11.4. The van der Waals surface area contributed by atoms with Crippen LogP contribution >= 0.6 is 23.4 Å². The maximum absolute atomic E-state index is 5.85. The molecule has 1 aliphatic carbocycles. The van der Waals surface area contributed by atoms with Crippen molar-refractivity contribution in [1.82, 2.24) is 14.8 Å². The predicted octanol–water partition coefficient (Wildman–Crippen LogP) is 3.08. The zero-order valence-corrected chi connectivity index (χ0v) is 11.2. The molecule has 1 aliphatic rings. The van der Waals surface area contributed by atoms with Gasteiger partial charge >= 0.3 is 0 Å². The number of nitrogens with zero attached hydrogens (tertiary/aromatic N) is 3. The average Bonchev–Trinajstić information content (AvgIpc) is 2.77. The van der Waals surface area contributed by atoms with E-state index in [-0.39, 0.29) is 0 Å². The van der Waals surface area contributed by atoms with E-state index in [1.807, 2.05) is 18.1 Å². The van der Waals surface area contributed by atoms with Crippen molar-refractivity contribution in [1.29, 1.82) is 0 Å². The van der Waals surface area contributed by atoms with Gasteiger partial charge in [-0.2, -0.15) is 11.8 Å². The lowest BCUT2D eigenvalue weighted by Gasteiger charge is -2.36. The van der Waals surface area contributed by atoms with Gasteiger partial charge in [0.05, 0.1) is 5.88 Å². The summed E-state index contributed by atoms with van der Waals surface area (Å²) in [7, 11) is 0. The molecule has 0 amide bonds. The van der Waals surface area contributed by atoms with Gasteiger partial charge in [-0.1, -0.05) is 19.3 Å². The van der Waals surface area contributed by atoms with Crippen molar-refractivity contribution >= 4 is 23.4 Å². The van der Waals surface area contributed by atoms with Gasteiger partial charge in [-0.3, -0.25) is 0 Å². The summed E-state index contributed by atoms with van der Waals surface area (Å²) in [4.78, 5) is 0. The fraction of sp³-hybridized carbons (Fsp3) is 0.818. The van der Waals surface area contributed by atoms with Crippen molar-refractivity contribution in [3.05, 3.63) is 12.2 Å². The van der Waals surface area contributed by atoms with E-state index in [1.165, 1.54) is 32.1 Å². The number of hydrogen-bond donors (Lipinski definition) is 0. The molecule has 3 nitrogen and oxygen atoms in total. The Hall–Kier alpha value is -0.220. The van der Waals surface area contributed by atoms with Crippen molar-refractivity contribution in [2.75, 3.05) is 6.26 Å². The highest BCUT2D eigenvalue weighted by Gasteiger charge is 2.32. The molecule has 0 atom stereocenters. The Kier molecular flexibility index (Phi) is 4.14. The molecule has 0 N–H and O–H groups in total. The summed E-state index contributed by atoms with van der Waals surface area (Å²) >= 11 is 7.84. The van der Waals surface area contributed by atoms with E-state index in [0.717, 1.165) is 12.4 Å². The summed E-state index contributed by atoms with van der Waals surface area (Å²) in [5, 5.41) is 7.98. The van der Waals surface area contributed by atoms with Crippen LogP contribution in [0.25, 0.3) is 0 Å². The van der Waals surface area contributed by atoms with Crippen molar-refractivity contribution in [2.24, 2.45) is 0 Å². The molecule has 1 aromatic heterocycles. The highest BCUT2D eigenvalue weighted by Crippen LogP contribution is 2.40. The van der Waals surface area contributed by atoms with Gasteiger partial charge in [0.2, 0.25) is 0 Å². The van der Waals surface area contributed by atoms with Crippen LogP contribution in [0.3, 0.4) is 0 Å². The third kappa shape index (κ3) is 2.54. The zero-order valence-electron chi connectivity index (χ0n) is 9.65. The molecule has 5 heteroatoms. The minimum absolute atomic E-state index is 0.376. The summed E-state index contributed by atoms with van der Waals surface area (Å²) in [5.41, 5.74) is 0. The van der Waals surface area contributed by atoms with E-state index in [4.69, 9.17) is 11.6 Å². The third-order valence-corrected chi connectivity index (χ3v) is 5.11. The Bertz CT molecular complexity index is 334. The van der Waals surface area contributed by atoms with E-state index >= 15 is 0 Å². The van der Waals surface area contributed by atoms with Crippen LogP contribution in [0.5, 0.6) is 0 Å². The Morgan fingerprint density at radius 1 is 1.44 bits per heavy atom. The normalized spacial score (nSPS) is 19.9. The van der Waals surface area contributed by atoms with Gasteiger partial charge in [0.1, 0.15) is 12.2 Å². The second-order valence-electron chi connectivity index (χ2n) is 4.46. The van der Waals surface area contributed by atoms with Crippen molar-refractivity contribution in [3.63, 3.8) is 0 Å². The average molecular weight is 260 g/mol. The number of halogens is 1. The molecule has 0 aromatic carbocycles. The predicted molar refractivity (Wildman–Crippen MR) is 68.9 cm³/mol. The first kappa shape index (κ1) is 12.2. The van der Waals surface area contributed by atoms with Crippen LogP contribution in [-0.4, -0.2) is 25.8 Å². The molecule has 0 radical (unpaired) electrons. The molecule has 0 bridgehead atoms. The van der Waals surface area contributed by atoms with Crippen LogP contribution in [-0.2, 0) is 12.4 Å². The lowest BCUT2D eigenvalue weighted by Crippen LogP contribution is -2.33. The standard InChI is InChI=1S/C11H18ClN3S/c1-16-11(5-3-2-4-6-11)8-15-9-13-14-10(15)7-12/h9H,2-8H2,1H3. The highest BCUT2D eigenvalue weighted by atomic mass is 35.5. The van der Waals surface area contributed by atoms with Gasteiger partial charge in [-0.15, -0.1) is 21.8 Å². The molecular formula is C11H18ClN3S. The summed E-state index contributed by atoms with van der Waals surface area (Å²) in [6.07, 6.45) is 10.7. The molecule has 1 saturated carbocycles. The molecule has 0 unspecified atom stereocenters. The molecule has 0 aliphatic heterocycles. The van der Waals surface area contributed by atoms with Crippen LogP contribution in [0.15, 0.2) is 6.33 Å².